The number of rotatable bonds is 2. The van der Waals surface area contributed by atoms with Gasteiger partial charge in [0.05, 0.1) is 21.9 Å². The molecule has 0 spiro atoms. The molecule has 0 amide bonds. The van der Waals surface area contributed by atoms with E-state index >= 15 is 0 Å². The molecular formula is C16H10N2OS. The summed E-state index contributed by atoms with van der Waals surface area (Å²) in [5, 5.41) is 1.70. The van der Waals surface area contributed by atoms with E-state index in [0.29, 0.717) is 10.9 Å². The van der Waals surface area contributed by atoms with Crippen molar-refractivity contribution in [3.05, 3.63) is 60.8 Å². The molecule has 2 aromatic heterocycles. The number of pyridine rings is 1. The number of benzene rings is 2. The number of hydrogen-bond donors (Lipinski definition) is 0. The highest BCUT2D eigenvalue weighted by Gasteiger charge is 2.06. The molecular weight excluding hydrogens is 268 g/mol. The number of hydrogen-bond acceptors (Lipinski definition) is 4. The van der Waals surface area contributed by atoms with Crippen LogP contribution < -0.4 is 4.74 Å². The Morgan fingerprint density at radius 2 is 1.70 bits per heavy atom. The first-order valence-electron chi connectivity index (χ1n) is 6.27. The van der Waals surface area contributed by atoms with Crippen molar-refractivity contribution in [1.29, 1.82) is 0 Å². The first-order valence-corrected chi connectivity index (χ1v) is 7.08. The first kappa shape index (κ1) is 11.4. The molecule has 0 aliphatic heterocycles. The zero-order valence-corrected chi connectivity index (χ0v) is 11.3. The smallest absolute Gasteiger partial charge is 0.279 e. The van der Waals surface area contributed by atoms with E-state index in [1.54, 1.807) is 6.20 Å². The lowest BCUT2D eigenvalue weighted by molar-refractivity contribution is 0.479. The molecule has 0 saturated heterocycles. The summed E-state index contributed by atoms with van der Waals surface area (Å²) < 4.78 is 6.94. The van der Waals surface area contributed by atoms with E-state index < -0.39 is 0 Å². The van der Waals surface area contributed by atoms with Crippen LogP contribution in [0.5, 0.6) is 10.9 Å². The van der Waals surface area contributed by atoms with Gasteiger partial charge in [0.25, 0.3) is 5.19 Å². The Morgan fingerprint density at radius 3 is 2.60 bits per heavy atom. The Balaban J connectivity index is 1.72. The first-order chi connectivity index (χ1) is 9.88. The Labute approximate surface area is 119 Å². The molecule has 0 saturated carbocycles. The Hall–Kier alpha value is -2.46. The fraction of sp³-hybridized carbons (Fsp3) is 0. The van der Waals surface area contributed by atoms with Gasteiger partial charge < -0.3 is 4.74 Å². The van der Waals surface area contributed by atoms with Crippen LogP contribution in [-0.2, 0) is 0 Å². The summed E-state index contributed by atoms with van der Waals surface area (Å²) in [6, 6.07) is 18.0. The van der Waals surface area contributed by atoms with Crippen molar-refractivity contribution < 1.29 is 4.74 Å². The summed E-state index contributed by atoms with van der Waals surface area (Å²) in [5.74, 6) is 0.711. The minimum absolute atomic E-state index is 0.642. The molecule has 3 nitrogen and oxygen atoms in total. The molecule has 96 valence electrons. The second kappa shape index (κ2) is 4.58. The number of ether oxygens (including phenoxy) is 1. The number of nitrogens with zero attached hydrogens (tertiary/aromatic N) is 2. The van der Waals surface area contributed by atoms with Gasteiger partial charge in [-0.15, -0.1) is 0 Å². The van der Waals surface area contributed by atoms with E-state index in [2.05, 4.69) is 9.97 Å². The van der Waals surface area contributed by atoms with Crippen LogP contribution in [0.3, 0.4) is 0 Å². The maximum atomic E-state index is 5.82. The van der Waals surface area contributed by atoms with Crippen LogP contribution in [0, 0.1) is 0 Å². The largest absolute Gasteiger partial charge is 0.429 e. The van der Waals surface area contributed by atoms with Gasteiger partial charge in [0.15, 0.2) is 0 Å². The molecule has 0 atom stereocenters. The van der Waals surface area contributed by atoms with Crippen molar-refractivity contribution in [2.24, 2.45) is 0 Å². The number of thiazole rings is 1. The Morgan fingerprint density at radius 1 is 0.900 bits per heavy atom. The third kappa shape index (κ3) is 2.00. The van der Waals surface area contributed by atoms with Gasteiger partial charge in [-0.05, 0) is 24.3 Å². The van der Waals surface area contributed by atoms with E-state index in [4.69, 9.17) is 4.74 Å². The fourth-order valence-electron chi connectivity index (χ4n) is 2.10. The molecule has 4 aromatic rings. The van der Waals surface area contributed by atoms with Gasteiger partial charge in [0, 0.05) is 5.39 Å². The van der Waals surface area contributed by atoms with Crippen molar-refractivity contribution >= 4 is 32.5 Å². The summed E-state index contributed by atoms with van der Waals surface area (Å²) in [6.07, 6.45) is 1.73. The molecule has 0 radical (unpaired) electrons. The summed E-state index contributed by atoms with van der Waals surface area (Å²) in [7, 11) is 0. The van der Waals surface area contributed by atoms with Crippen LogP contribution in [0.4, 0.5) is 0 Å². The summed E-state index contributed by atoms with van der Waals surface area (Å²) in [5.41, 5.74) is 1.92. The SMILES string of the molecule is c1ccc2ncc(Oc3nc4ccccc4s3)cc2c1. The second-order valence-electron chi connectivity index (χ2n) is 4.41. The highest BCUT2D eigenvalue weighted by Crippen LogP contribution is 2.31. The maximum Gasteiger partial charge on any atom is 0.279 e. The average molecular weight is 278 g/mol. The molecule has 0 unspecified atom stereocenters. The molecule has 20 heavy (non-hydrogen) atoms. The average Bonchev–Trinajstić information content (AvgIpc) is 2.89. The Kier molecular flexibility index (Phi) is 2.60. The molecule has 0 aliphatic rings. The quantitative estimate of drug-likeness (QED) is 0.536. The highest BCUT2D eigenvalue weighted by molar-refractivity contribution is 7.20. The monoisotopic (exact) mass is 278 g/mol. The topological polar surface area (TPSA) is 35.0 Å². The van der Waals surface area contributed by atoms with Crippen molar-refractivity contribution in [3.8, 4) is 10.9 Å². The van der Waals surface area contributed by atoms with E-state index in [0.717, 1.165) is 21.1 Å². The zero-order valence-electron chi connectivity index (χ0n) is 10.5. The molecule has 4 heteroatoms. The fourth-order valence-corrected chi connectivity index (χ4v) is 2.94. The summed E-state index contributed by atoms with van der Waals surface area (Å²) in [6.45, 7) is 0. The van der Waals surface area contributed by atoms with Gasteiger partial charge in [-0.3, -0.25) is 4.98 Å². The Bertz CT molecular complexity index is 868. The number of para-hydroxylation sites is 2. The molecule has 0 bridgehead atoms. The van der Waals surface area contributed by atoms with Crippen molar-refractivity contribution in [1.82, 2.24) is 9.97 Å². The normalized spacial score (nSPS) is 11.0. The van der Waals surface area contributed by atoms with Gasteiger partial charge in [0.1, 0.15) is 5.75 Å². The van der Waals surface area contributed by atoms with Crippen LogP contribution >= 0.6 is 11.3 Å². The lowest BCUT2D eigenvalue weighted by atomic mass is 10.2. The third-order valence-corrected chi connectivity index (χ3v) is 3.96. The zero-order chi connectivity index (χ0) is 13.4. The van der Waals surface area contributed by atoms with E-state index in [9.17, 15) is 0 Å². The number of aromatic nitrogens is 2. The summed E-state index contributed by atoms with van der Waals surface area (Å²) in [4.78, 5) is 8.84. The van der Waals surface area contributed by atoms with Crippen molar-refractivity contribution in [2.45, 2.75) is 0 Å². The van der Waals surface area contributed by atoms with Crippen LogP contribution in [-0.4, -0.2) is 9.97 Å². The van der Waals surface area contributed by atoms with E-state index in [-0.39, 0.29) is 0 Å². The van der Waals surface area contributed by atoms with Gasteiger partial charge in [0.2, 0.25) is 0 Å². The molecule has 0 N–H and O–H groups in total. The van der Waals surface area contributed by atoms with E-state index in [1.165, 1.54) is 11.3 Å². The lowest BCUT2D eigenvalue weighted by Crippen LogP contribution is -1.85. The predicted molar refractivity (Wildman–Crippen MR) is 81.4 cm³/mol. The molecule has 2 aromatic carbocycles. The minimum Gasteiger partial charge on any atom is -0.429 e. The molecule has 0 aliphatic carbocycles. The second-order valence-corrected chi connectivity index (χ2v) is 5.41. The number of fused-ring (bicyclic) bond motifs is 2. The molecule has 0 fully saturated rings. The maximum absolute atomic E-state index is 5.82. The van der Waals surface area contributed by atoms with Crippen molar-refractivity contribution in [3.63, 3.8) is 0 Å². The van der Waals surface area contributed by atoms with Crippen LogP contribution in [0.1, 0.15) is 0 Å². The van der Waals surface area contributed by atoms with Crippen LogP contribution in [0.25, 0.3) is 21.1 Å². The van der Waals surface area contributed by atoms with Crippen molar-refractivity contribution in [2.75, 3.05) is 0 Å². The third-order valence-electron chi connectivity index (χ3n) is 3.04. The minimum atomic E-state index is 0.642. The summed E-state index contributed by atoms with van der Waals surface area (Å²) >= 11 is 1.54. The lowest BCUT2D eigenvalue weighted by Gasteiger charge is -2.02. The van der Waals surface area contributed by atoms with Gasteiger partial charge in [-0.25, -0.2) is 4.98 Å². The van der Waals surface area contributed by atoms with Gasteiger partial charge >= 0.3 is 0 Å². The molecule has 4 rings (SSSR count). The van der Waals surface area contributed by atoms with Gasteiger partial charge in [-0.2, -0.15) is 0 Å². The van der Waals surface area contributed by atoms with Gasteiger partial charge in [-0.1, -0.05) is 41.7 Å². The molecule has 2 heterocycles. The standard InChI is InChI=1S/C16H10N2OS/c1-2-6-13-11(5-1)9-12(10-17-13)19-16-18-14-7-3-4-8-15(14)20-16/h1-10H. The highest BCUT2D eigenvalue weighted by atomic mass is 32.1. The van der Waals surface area contributed by atoms with Crippen LogP contribution in [0.2, 0.25) is 0 Å². The predicted octanol–water partition coefficient (Wildman–Crippen LogP) is 4.64. The van der Waals surface area contributed by atoms with Crippen LogP contribution in [0.15, 0.2) is 60.8 Å². The van der Waals surface area contributed by atoms with E-state index in [1.807, 2.05) is 54.6 Å².